The summed E-state index contributed by atoms with van der Waals surface area (Å²) < 4.78 is 0. The molecule has 2 N–H and O–H groups in total. The average molecular weight is 279 g/mol. The van der Waals surface area contributed by atoms with Gasteiger partial charge in [0.15, 0.2) is 0 Å². The van der Waals surface area contributed by atoms with Gasteiger partial charge in [0, 0.05) is 31.2 Å². The van der Waals surface area contributed by atoms with E-state index in [1.54, 1.807) is 0 Å². The van der Waals surface area contributed by atoms with E-state index in [1.165, 1.54) is 77.5 Å². The zero-order valence-electron chi connectivity index (χ0n) is 13.3. The summed E-state index contributed by atoms with van der Waals surface area (Å²) in [6, 6.07) is 0.822. The molecule has 0 aromatic carbocycles. The quantitative estimate of drug-likeness (QED) is 0.858. The van der Waals surface area contributed by atoms with Crippen molar-refractivity contribution in [2.24, 2.45) is 11.7 Å². The Morgan fingerprint density at radius 1 is 1.10 bits per heavy atom. The number of nitrogens with two attached hydrogens (primary N) is 1. The Morgan fingerprint density at radius 3 is 2.60 bits per heavy atom. The van der Waals surface area contributed by atoms with E-state index >= 15 is 0 Å². The van der Waals surface area contributed by atoms with Crippen molar-refractivity contribution in [3.05, 3.63) is 0 Å². The molecule has 3 atom stereocenters. The zero-order chi connectivity index (χ0) is 14.0. The van der Waals surface area contributed by atoms with Crippen LogP contribution < -0.4 is 5.73 Å². The molecule has 0 bridgehead atoms. The minimum absolute atomic E-state index is 0.341. The van der Waals surface area contributed by atoms with Gasteiger partial charge in [-0.3, -0.25) is 9.80 Å². The monoisotopic (exact) mass is 279 g/mol. The Balaban J connectivity index is 1.64. The van der Waals surface area contributed by atoms with E-state index < -0.39 is 0 Å². The zero-order valence-corrected chi connectivity index (χ0v) is 13.3. The summed E-state index contributed by atoms with van der Waals surface area (Å²) in [7, 11) is 0. The average Bonchev–Trinajstić information content (AvgIpc) is 3.17. The highest BCUT2D eigenvalue weighted by atomic mass is 15.3. The fourth-order valence-electron chi connectivity index (χ4n) is 4.99. The summed E-state index contributed by atoms with van der Waals surface area (Å²) in [5.41, 5.74) is 6.62. The molecule has 3 heteroatoms. The Bertz CT molecular complexity index is 313. The second-order valence-corrected chi connectivity index (χ2v) is 7.43. The van der Waals surface area contributed by atoms with Crippen LogP contribution in [0.5, 0.6) is 0 Å². The Hall–Kier alpha value is -0.120. The normalized spacial score (nSPS) is 40.5. The van der Waals surface area contributed by atoms with Gasteiger partial charge in [0.05, 0.1) is 0 Å². The van der Waals surface area contributed by atoms with Gasteiger partial charge >= 0.3 is 0 Å². The maximum Gasteiger partial charge on any atom is 0.0335 e. The molecule has 1 aliphatic carbocycles. The van der Waals surface area contributed by atoms with Crippen LogP contribution in [-0.4, -0.2) is 54.1 Å². The molecule has 20 heavy (non-hydrogen) atoms. The molecule has 0 spiro atoms. The van der Waals surface area contributed by atoms with Crippen LogP contribution in [0.2, 0.25) is 0 Å². The first kappa shape index (κ1) is 14.8. The minimum Gasteiger partial charge on any atom is -0.329 e. The van der Waals surface area contributed by atoms with Gasteiger partial charge in [-0.25, -0.2) is 0 Å². The van der Waals surface area contributed by atoms with Crippen LogP contribution in [-0.2, 0) is 0 Å². The minimum atomic E-state index is 0.341. The smallest absolute Gasteiger partial charge is 0.0335 e. The van der Waals surface area contributed by atoms with Crippen LogP contribution in [0, 0.1) is 5.92 Å². The van der Waals surface area contributed by atoms with Crippen LogP contribution >= 0.6 is 0 Å². The predicted octanol–water partition coefficient (Wildman–Crippen LogP) is 2.45. The molecular formula is C17H33N3. The van der Waals surface area contributed by atoms with E-state index in [9.17, 15) is 0 Å². The molecule has 0 aromatic heterocycles. The van der Waals surface area contributed by atoms with E-state index in [2.05, 4.69) is 16.7 Å². The summed E-state index contributed by atoms with van der Waals surface area (Å²) >= 11 is 0. The van der Waals surface area contributed by atoms with Crippen LogP contribution in [0.4, 0.5) is 0 Å². The van der Waals surface area contributed by atoms with Gasteiger partial charge in [-0.15, -0.1) is 0 Å². The van der Waals surface area contributed by atoms with Gasteiger partial charge in [-0.1, -0.05) is 26.2 Å². The van der Waals surface area contributed by atoms with E-state index in [1.807, 2.05) is 0 Å². The molecule has 0 amide bonds. The highest BCUT2D eigenvalue weighted by Gasteiger charge is 2.43. The molecule has 3 aliphatic rings. The molecule has 0 aromatic rings. The first-order chi connectivity index (χ1) is 9.77. The molecule has 3 rings (SSSR count). The first-order valence-electron chi connectivity index (χ1n) is 8.96. The standard InChI is InChI=1S/C17H33N3/c1-2-15-6-5-8-17(12-15,14-18)20-11-7-16(13-20)19-9-3-4-10-19/h15-16H,2-14,18H2,1H3. The predicted molar refractivity (Wildman–Crippen MR) is 84.8 cm³/mol. The lowest BCUT2D eigenvalue weighted by atomic mass is 9.74. The number of hydrogen-bond donors (Lipinski definition) is 1. The highest BCUT2D eigenvalue weighted by Crippen LogP contribution is 2.40. The van der Waals surface area contributed by atoms with Gasteiger partial charge in [-0.05, 0) is 51.1 Å². The van der Waals surface area contributed by atoms with Crippen LogP contribution in [0.25, 0.3) is 0 Å². The van der Waals surface area contributed by atoms with Crippen LogP contribution in [0.15, 0.2) is 0 Å². The second-order valence-electron chi connectivity index (χ2n) is 7.43. The molecule has 3 nitrogen and oxygen atoms in total. The summed E-state index contributed by atoms with van der Waals surface area (Å²) in [5, 5.41) is 0. The summed E-state index contributed by atoms with van der Waals surface area (Å²) in [6.45, 7) is 8.48. The van der Waals surface area contributed by atoms with Crippen molar-refractivity contribution in [1.82, 2.24) is 9.80 Å². The van der Waals surface area contributed by atoms with E-state index in [0.717, 1.165) is 18.5 Å². The number of nitrogens with zero attached hydrogens (tertiary/aromatic N) is 2. The Labute approximate surface area is 124 Å². The fraction of sp³-hybridized carbons (Fsp3) is 1.00. The van der Waals surface area contributed by atoms with Crippen molar-refractivity contribution in [1.29, 1.82) is 0 Å². The summed E-state index contributed by atoms with van der Waals surface area (Å²) in [5.74, 6) is 0.915. The van der Waals surface area contributed by atoms with Crippen molar-refractivity contribution >= 4 is 0 Å². The van der Waals surface area contributed by atoms with E-state index in [0.29, 0.717) is 5.54 Å². The molecule has 2 saturated heterocycles. The Kier molecular flexibility index (Phi) is 4.68. The van der Waals surface area contributed by atoms with Crippen molar-refractivity contribution in [2.75, 3.05) is 32.7 Å². The molecule has 3 fully saturated rings. The third kappa shape index (κ3) is 2.77. The lowest BCUT2D eigenvalue weighted by Gasteiger charge is -2.47. The molecule has 1 saturated carbocycles. The lowest BCUT2D eigenvalue weighted by molar-refractivity contribution is 0.0483. The van der Waals surface area contributed by atoms with Crippen molar-refractivity contribution in [3.63, 3.8) is 0 Å². The number of hydrogen-bond acceptors (Lipinski definition) is 3. The van der Waals surface area contributed by atoms with E-state index in [-0.39, 0.29) is 0 Å². The number of rotatable bonds is 4. The van der Waals surface area contributed by atoms with Gasteiger partial charge < -0.3 is 5.73 Å². The first-order valence-corrected chi connectivity index (χ1v) is 8.96. The number of likely N-dealkylation sites (tertiary alicyclic amines) is 2. The maximum absolute atomic E-state index is 6.28. The Morgan fingerprint density at radius 2 is 1.90 bits per heavy atom. The molecule has 3 unspecified atom stereocenters. The fourth-order valence-corrected chi connectivity index (χ4v) is 4.99. The summed E-state index contributed by atoms with van der Waals surface area (Å²) in [4.78, 5) is 5.53. The van der Waals surface area contributed by atoms with Crippen molar-refractivity contribution < 1.29 is 0 Å². The van der Waals surface area contributed by atoms with E-state index in [4.69, 9.17) is 5.73 Å². The topological polar surface area (TPSA) is 32.5 Å². The van der Waals surface area contributed by atoms with Crippen LogP contribution in [0.1, 0.15) is 58.3 Å². The molecule has 116 valence electrons. The lowest BCUT2D eigenvalue weighted by Crippen LogP contribution is -2.56. The largest absolute Gasteiger partial charge is 0.329 e. The third-order valence-electron chi connectivity index (χ3n) is 6.37. The van der Waals surface area contributed by atoms with Gasteiger partial charge in [0.2, 0.25) is 0 Å². The van der Waals surface area contributed by atoms with Crippen molar-refractivity contribution in [3.8, 4) is 0 Å². The summed E-state index contributed by atoms with van der Waals surface area (Å²) in [6.07, 6.45) is 11.1. The van der Waals surface area contributed by atoms with Gasteiger partial charge in [-0.2, -0.15) is 0 Å². The highest BCUT2D eigenvalue weighted by molar-refractivity contribution is 5.01. The van der Waals surface area contributed by atoms with Gasteiger partial charge in [0.25, 0.3) is 0 Å². The third-order valence-corrected chi connectivity index (χ3v) is 6.37. The molecule has 2 heterocycles. The SMILES string of the molecule is CCC1CCCC(CN)(N2CCC(N3CCCC3)C2)C1. The molecule has 0 radical (unpaired) electrons. The van der Waals surface area contributed by atoms with Crippen LogP contribution in [0.3, 0.4) is 0 Å². The molecule has 2 aliphatic heterocycles. The van der Waals surface area contributed by atoms with Gasteiger partial charge in [0.1, 0.15) is 0 Å². The second kappa shape index (κ2) is 6.33. The molecular weight excluding hydrogens is 246 g/mol. The van der Waals surface area contributed by atoms with Crippen molar-refractivity contribution in [2.45, 2.75) is 69.9 Å². The maximum atomic E-state index is 6.28.